The van der Waals surface area contributed by atoms with Crippen LogP contribution in [0.4, 0.5) is 0 Å². The van der Waals surface area contributed by atoms with Crippen molar-refractivity contribution in [2.45, 2.75) is 19.1 Å². The smallest absolute Gasteiger partial charge is 0.252 e. The molecule has 2 rings (SSSR count). The van der Waals surface area contributed by atoms with Gasteiger partial charge in [0.15, 0.2) is 0 Å². The van der Waals surface area contributed by atoms with E-state index in [1.807, 2.05) is 36.4 Å². The summed E-state index contributed by atoms with van der Waals surface area (Å²) in [4.78, 5) is 3.79. The van der Waals surface area contributed by atoms with Gasteiger partial charge in [-0.15, -0.1) is 5.10 Å². The van der Waals surface area contributed by atoms with E-state index in [1.54, 1.807) is 6.92 Å². The molecule has 5 heteroatoms. The quantitative estimate of drug-likeness (QED) is 0.852. The molecule has 1 aromatic heterocycles. The summed E-state index contributed by atoms with van der Waals surface area (Å²) in [6.07, 6.45) is 1.44. The zero-order valence-electron chi connectivity index (χ0n) is 9.41. The molecular formula is C12H12N4O. The van der Waals surface area contributed by atoms with Crippen molar-refractivity contribution in [3.63, 3.8) is 0 Å². The van der Waals surface area contributed by atoms with Crippen LogP contribution in [0.1, 0.15) is 18.3 Å². The van der Waals surface area contributed by atoms with Gasteiger partial charge in [-0.25, -0.2) is 9.67 Å². The monoisotopic (exact) mass is 228 g/mol. The van der Waals surface area contributed by atoms with Gasteiger partial charge < -0.3 is 5.11 Å². The van der Waals surface area contributed by atoms with Crippen LogP contribution >= 0.6 is 0 Å². The zero-order valence-corrected chi connectivity index (χ0v) is 9.41. The fraction of sp³-hybridized carbons (Fsp3) is 0.250. The predicted octanol–water partition coefficient (Wildman–Crippen LogP) is 1.06. The topological polar surface area (TPSA) is 74.7 Å². The van der Waals surface area contributed by atoms with Gasteiger partial charge in [-0.05, 0) is 12.5 Å². The van der Waals surface area contributed by atoms with Crippen LogP contribution in [-0.2, 0) is 12.1 Å². The Bertz CT molecular complexity index is 539. The number of nitriles is 1. The van der Waals surface area contributed by atoms with E-state index in [1.165, 1.54) is 11.0 Å². The van der Waals surface area contributed by atoms with E-state index in [0.717, 1.165) is 5.56 Å². The SMILES string of the molecule is CC(O)(Cn1cnc(C#N)n1)c1ccccc1. The second kappa shape index (κ2) is 4.36. The van der Waals surface area contributed by atoms with Gasteiger partial charge in [-0.2, -0.15) is 5.26 Å². The lowest BCUT2D eigenvalue weighted by molar-refractivity contribution is 0.0345. The molecule has 1 heterocycles. The molecular weight excluding hydrogens is 216 g/mol. The molecule has 1 N–H and O–H groups in total. The average Bonchev–Trinajstić information content (AvgIpc) is 2.77. The fourth-order valence-electron chi connectivity index (χ4n) is 1.63. The first-order chi connectivity index (χ1) is 8.12. The van der Waals surface area contributed by atoms with Crippen molar-refractivity contribution in [2.75, 3.05) is 0 Å². The minimum absolute atomic E-state index is 0.105. The molecule has 0 saturated carbocycles. The van der Waals surface area contributed by atoms with E-state index in [4.69, 9.17) is 5.26 Å². The molecule has 0 bridgehead atoms. The van der Waals surface area contributed by atoms with Crippen molar-refractivity contribution in [3.05, 3.63) is 48.0 Å². The summed E-state index contributed by atoms with van der Waals surface area (Å²) in [6, 6.07) is 11.2. The molecule has 1 atom stereocenters. The maximum absolute atomic E-state index is 10.3. The van der Waals surface area contributed by atoms with Crippen molar-refractivity contribution >= 4 is 0 Å². The Morgan fingerprint density at radius 2 is 2.12 bits per heavy atom. The highest BCUT2D eigenvalue weighted by atomic mass is 16.3. The van der Waals surface area contributed by atoms with Crippen LogP contribution in [0.25, 0.3) is 0 Å². The van der Waals surface area contributed by atoms with Gasteiger partial charge >= 0.3 is 0 Å². The molecule has 0 radical (unpaired) electrons. The molecule has 0 aliphatic heterocycles. The summed E-state index contributed by atoms with van der Waals surface area (Å²) < 4.78 is 1.46. The second-order valence-corrected chi connectivity index (χ2v) is 4.02. The summed E-state index contributed by atoms with van der Waals surface area (Å²) in [6.45, 7) is 1.96. The van der Waals surface area contributed by atoms with Gasteiger partial charge in [0.05, 0.1) is 6.54 Å². The lowest BCUT2D eigenvalue weighted by atomic mass is 9.96. The van der Waals surface area contributed by atoms with Crippen LogP contribution in [0, 0.1) is 11.3 Å². The first-order valence-corrected chi connectivity index (χ1v) is 5.19. The van der Waals surface area contributed by atoms with Crippen molar-refractivity contribution in [3.8, 4) is 6.07 Å². The molecule has 86 valence electrons. The van der Waals surface area contributed by atoms with E-state index in [-0.39, 0.29) is 12.4 Å². The van der Waals surface area contributed by atoms with Crippen LogP contribution in [0.5, 0.6) is 0 Å². The summed E-state index contributed by atoms with van der Waals surface area (Å²) in [5, 5.41) is 22.9. The van der Waals surface area contributed by atoms with Crippen molar-refractivity contribution in [1.82, 2.24) is 14.8 Å². The highest BCUT2D eigenvalue weighted by Gasteiger charge is 2.24. The predicted molar refractivity (Wildman–Crippen MR) is 60.7 cm³/mol. The van der Waals surface area contributed by atoms with Gasteiger partial charge in [-0.1, -0.05) is 30.3 Å². The van der Waals surface area contributed by atoms with E-state index >= 15 is 0 Å². The molecule has 0 aliphatic rings. The number of hydrogen-bond donors (Lipinski definition) is 1. The molecule has 0 amide bonds. The van der Waals surface area contributed by atoms with Gasteiger partial charge in [-0.3, -0.25) is 0 Å². The highest BCUT2D eigenvalue weighted by molar-refractivity contribution is 5.21. The zero-order chi connectivity index (χ0) is 12.3. The molecule has 1 aromatic carbocycles. The number of benzene rings is 1. The fourth-order valence-corrected chi connectivity index (χ4v) is 1.63. The maximum atomic E-state index is 10.3. The summed E-state index contributed by atoms with van der Waals surface area (Å²) in [7, 11) is 0. The molecule has 0 aliphatic carbocycles. The van der Waals surface area contributed by atoms with Crippen LogP contribution < -0.4 is 0 Å². The number of hydrogen-bond acceptors (Lipinski definition) is 4. The summed E-state index contributed by atoms with van der Waals surface area (Å²) in [5.41, 5.74) is -0.240. The van der Waals surface area contributed by atoms with Crippen LogP contribution in [0.15, 0.2) is 36.7 Å². The summed E-state index contributed by atoms with van der Waals surface area (Å²) in [5.74, 6) is 0.105. The molecule has 5 nitrogen and oxygen atoms in total. The average molecular weight is 228 g/mol. The number of rotatable bonds is 3. The third-order valence-electron chi connectivity index (χ3n) is 2.50. The Balaban J connectivity index is 2.20. The second-order valence-electron chi connectivity index (χ2n) is 4.02. The number of aliphatic hydroxyl groups is 1. The van der Waals surface area contributed by atoms with Gasteiger partial charge in [0, 0.05) is 0 Å². The van der Waals surface area contributed by atoms with Crippen molar-refractivity contribution < 1.29 is 5.11 Å². The van der Waals surface area contributed by atoms with E-state index in [2.05, 4.69) is 10.1 Å². The number of aromatic nitrogens is 3. The largest absolute Gasteiger partial charge is 0.384 e. The third-order valence-corrected chi connectivity index (χ3v) is 2.50. The Morgan fingerprint density at radius 3 is 2.71 bits per heavy atom. The minimum Gasteiger partial charge on any atom is -0.384 e. The highest BCUT2D eigenvalue weighted by Crippen LogP contribution is 2.21. The first-order valence-electron chi connectivity index (χ1n) is 5.19. The van der Waals surface area contributed by atoms with Crippen molar-refractivity contribution in [1.29, 1.82) is 5.26 Å². The van der Waals surface area contributed by atoms with Gasteiger partial charge in [0.1, 0.15) is 18.0 Å². The molecule has 0 saturated heterocycles. The Hall–Kier alpha value is -2.19. The molecule has 1 unspecified atom stereocenters. The molecule has 2 aromatic rings. The van der Waals surface area contributed by atoms with Crippen LogP contribution in [-0.4, -0.2) is 19.9 Å². The Labute approximate surface area is 99.0 Å². The number of nitrogens with zero attached hydrogens (tertiary/aromatic N) is 4. The van der Waals surface area contributed by atoms with Gasteiger partial charge in [0.25, 0.3) is 5.82 Å². The standard InChI is InChI=1S/C12H12N4O/c1-12(17,10-5-3-2-4-6-10)8-16-9-14-11(7-13)15-16/h2-6,9,17H,8H2,1H3. The lowest BCUT2D eigenvalue weighted by Gasteiger charge is -2.23. The normalized spacial score (nSPS) is 13.9. The maximum Gasteiger partial charge on any atom is 0.252 e. The first kappa shape index (κ1) is 11.3. The molecule has 17 heavy (non-hydrogen) atoms. The van der Waals surface area contributed by atoms with Crippen LogP contribution in [0.3, 0.4) is 0 Å². The van der Waals surface area contributed by atoms with Gasteiger partial charge in [0.2, 0.25) is 0 Å². The molecule has 0 spiro atoms. The van der Waals surface area contributed by atoms with E-state index in [9.17, 15) is 5.11 Å². The Morgan fingerprint density at radius 1 is 1.41 bits per heavy atom. The van der Waals surface area contributed by atoms with Crippen LogP contribution in [0.2, 0.25) is 0 Å². The van der Waals surface area contributed by atoms with Crippen molar-refractivity contribution in [2.24, 2.45) is 0 Å². The molecule has 0 fully saturated rings. The lowest BCUT2D eigenvalue weighted by Crippen LogP contribution is -2.28. The van der Waals surface area contributed by atoms with E-state index < -0.39 is 5.60 Å². The summed E-state index contributed by atoms with van der Waals surface area (Å²) >= 11 is 0. The van der Waals surface area contributed by atoms with E-state index in [0.29, 0.717) is 0 Å². The Kier molecular flexibility index (Phi) is 2.90. The minimum atomic E-state index is -1.04. The third kappa shape index (κ3) is 2.49.